The first-order valence-electron chi connectivity index (χ1n) is 8.68. The maximum atomic E-state index is 4.85. The van der Waals surface area contributed by atoms with Crippen LogP contribution in [0.2, 0.25) is 0 Å². The van der Waals surface area contributed by atoms with E-state index in [0.717, 1.165) is 18.4 Å². The van der Waals surface area contributed by atoms with Crippen LogP contribution in [0.3, 0.4) is 0 Å². The number of hydrogen-bond acceptors (Lipinski definition) is 2. The molecule has 3 unspecified atom stereocenters. The third kappa shape index (κ3) is 2.52. The van der Waals surface area contributed by atoms with Gasteiger partial charge >= 0.3 is 0 Å². The maximum absolute atomic E-state index is 4.85. The van der Waals surface area contributed by atoms with Crippen LogP contribution in [0.5, 0.6) is 0 Å². The predicted octanol–water partition coefficient (Wildman–Crippen LogP) is 3.46. The van der Waals surface area contributed by atoms with E-state index in [-0.39, 0.29) is 0 Å². The monoisotopic (exact) mass is 273 g/mol. The number of rotatable bonds is 3. The van der Waals surface area contributed by atoms with Gasteiger partial charge in [0.15, 0.2) is 0 Å². The van der Waals surface area contributed by atoms with Crippen molar-refractivity contribution in [2.75, 3.05) is 0 Å². The molecule has 3 aliphatic rings. The van der Waals surface area contributed by atoms with E-state index >= 15 is 0 Å². The lowest BCUT2D eigenvalue weighted by Gasteiger charge is -2.33. The third-order valence-electron chi connectivity index (χ3n) is 5.81. The van der Waals surface area contributed by atoms with Gasteiger partial charge in [0.1, 0.15) is 0 Å². The molecule has 20 heavy (non-hydrogen) atoms. The summed E-state index contributed by atoms with van der Waals surface area (Å²) in [4.78, 5) is 0. The highest BCUT2D eigenvalue weighted by Gasteiger charge is 2.33. The molecule has 2 aliphatic carbocycles. The second-order valence-corrected chi connectivity index (χ2v) is 7.17. The standard InChI is InChI=1S/C17H27N3/c1-2-6-16(5-1)20-11-10-15(19-20)12-14-9-8-13-4-3-7-17(13)18-14/h10-11,13-14,16-18H,1-9,12H2. The minimum absolute atomic E-state index is 0.668. The molecule has 2 saturated carbocycles. The normalized spacial score (nSPS) is 34.5. The molecule has 1 aromatic rings. The maximum Gasteiger partial charge on any atom is 0.0640 e. The second kappa shape index (κ2) is 5.51. The number of piperidine rings is 1. The van der Waals surface area contributed by atoms with Crippen LogP contribution in [0.4, 0.5) is 0 Å². The molecule has 3 heteroatoms. The Bertz CT molecular complexity index is 447. The largest absolute Gasteiger partial charge is 0.311 e. The molecule has 2 heterocycles. The van der Waals surface area contributed by atoms with Gasteiger partial charge in [-0.1, -0.05) is 19.3 Å². The Balaban J connectivity index is 1.36. The molecule has 3 nitrogen and oxygen atoms in total. The average molecular weight is 273 g/mol. The van der Waals surface area contributed by atoms with Gasteiger partial charge in [-0.05, 0) is 50.5 Å². The molecule has 0 spiro atoms. The van der Waals surface area contributed by atoms with E-state index in [0.29, 0.717) is 12.1 Å². The van der Waals surface area contributed by atoms with Crippen molar-refractivity contribution >= 4 is 0 Å². The Labute approximate surface area is 122 Å². The van der Waals surface area contributed by atoms with Gasteiger partial charge in [0.25, 0.3) is 0 Å². The quantitative estimate of drug-likeness (QED) is 0.914. The van der Waals surface area contributed by atoms with Crippen molar-refractivity contribution in [3.8, 4) is 0 Å². The lowest BCUT2D eigenvalue weighted by atomic mass is 9.88. The summed E-state index contributed by atoms with van der Waals surface area (Å²) >= 11 is 0. The SMILES string of the molecule is c1cn(C2CCCC2)nc1CC1CCC2CCCC2N1. The van der Waals surface area contributed by atoms with Gasteiger partial charge in [-0.15, -0.1) is 0 Å². The Morgan fingerprint density at radius 1 is 1.05 bits per heavy atom. The lowest BCUT2D eigenvalue weighted by molar-refractivity contribution is 0.256. The van der Waals surface area contributed by atoms with E-state index < -0.39 is 0 Å². The van der Waals surface area contributed by atoms with Gasteiger partial charge in [0.2, 0.25) is 0 Å². The molecule has 0 aromatic carbocycles. The summed E-state index contributed by atoms with van der Waals surface area (Å²) in [6.07, 6.45) is 15.8. The highest BCUT2D eigenvalue weighted by Crippen LogP contribution is 2.34. The molecular formula is C17H27N3. The van der Waals surface area contributed by atoms with Crippen LogP contribution >= 0.6 is 0 Å². The number of nitrogens with zero attached hydrogens (tertiary/aromatic N) is 2. The topological polar surface area (TPSA) is 29.9 Å². The number of hydrogen-bond donors (Lipinski definition) is 1. The molecule has 0 bridgehead atoms. The summed E-state index contributed by atoms with van der Waals surface area (Å²) in [5.41, 5.74) is 1.30. The molecule has 0 amide bonds. The van der Waals surface area contributed by atoms with Crippen molar-refractivity contribution in [1.82, 2.24) is 15.1 Å². The van der Waals surface area contributed by atoms with Crippen LogP contribution in [0.15, 0.2) is 12.3 Å². The zero-order valence-corrected chi connectivity index (χ0v) is 12.4. The van der Waals surface area contributed by atoms with Crippen LogP contribution in [-0.2, 0) is 6.42 Å². The molecule has 110 valence electrons. The van der Waals surface area contributed by atoms with E-state index in [1.165, 1.54) is 63.5 Å². The van der Waals surface area contributed by atoms with Gasteiger partial charge in [-0.25, -0.2) is 0 Å². The minimum Gasteiger partial charge on any atom is -0.311 e. The van der Waals surface area contributed by atoms with Gasteiger partial charge < -0.3 is 5.32 Å². The smallest absolute Gasteiger partial charge is 0.0640 e. The van der Waals surface area contributed by atoms with E-state index in [9.17, 15) is 0 Å². The molecule has 4 rings (SSSR count). The molecule has 3 atom stereocenters. The van der Waals surface area contributed by atoms with Crippen LogP contribution in [0.1, 0.15) is 69.5 Å². The molecule has 1 aliphatic heterocycles. The fourth-order valence-electron chi connectivity index (χ4n) is 4.67. The van der Waals surface area contributed by atoms with Gasteiger partial charge in [-0.2, -0.15) is 5.10 Å². The van der Waals surface area contributed by atoms with Crippen molar-refractivity contribution in [2.45, 2.75) is 82.3 Å². The van der Waals surface area contributed by atoms with E-state index in [1.807, 2.05) is 0 Å². The van der Waals surface area contributed by atoms with Crippen molar-refractivity contribution < 1.29 is 0 Å². The highest BCUT2D eigenvalue weighted by molar-refractivity contribution is 5.04. The van der Waals surface area contributed by atoms with Crippen molar-refractivity contribution in [3.05, 3.63) is 18.0 Å². The Hall–Kier alpha value is -0.830. The zero-order chi connectivity index (χ0) is 13.4. The van der Waals surface area contributed by atoms with Crippen molar-refractivity contribution in [1.29, 1.82) is 0 Å². The van der Waals surface area contributed by atoms with E-state index in [2.05, 4.69) is 22.3 Å². The molecule has 1 N–H and O–H groups in total. The van der Waals surface area contributed by atoms with E-state index in [4.69, 9.17) is 5.10 Å². The van der Waals surface area contributed by atoms with Crippen molar-refractivity contribution in [2.24, 2.45) is 5.92 Å². The summed E-state index contributed by atoms with van der Waals surface area (Å²) < 4.78 is 2.24. The number of fused-ring (bicyclic) bond motifs is 1. The van der Waals surface area contributed by atoms with Gasteiger partial charge in [0, 0.05) is 24.7 Å². The van der Waals surface area contributed by atoms with Crippen molar-refractivity contribution in [3.63, 3.8) is 0 Å². The van der Waals surface area contributed by atoms with Gasteiger partial charge in [-0.3, -0.25) is 4.68 Å². The third-order valence-corrected chi connectivity index (χ3v) is 5.81. The van der Waals surface area contributed by atoms with Crippen LogP contribution in [-0.4, -0.2) is 21.9 Å². The molecule has 1 saturated heterocycles. The minimum atomic E-state index is 0.668. The summed E-state index contributed by atoms with van der Waals surface area (Å²) in [5, 5.41) is 8.74. The first-order valence-corrected chi connectivity index (χ1v) is 8.68. The van der Waals surface area contributed by atoms with Crippen LogP contribution in [0.25, 0.3) is 0 Å². The predicted molar refractivity (Wildman–Crippen MR) is 80.7 cm³/mol. The molecular weight excluding hydrogens is 246 g/mol. The first kappa shape index (κ1) is 12.9. The Kier molecular flexibility index (Phi) is 3.55. The first-order chi connectivity index (χ1) is 9.88. The lowest BCUT2D eigenvalue weighted by Crippen LogP contribution is -2.46. The average Bonchev–Trinajstić information content (AvgIpc) is 3.19. The molecule has 3 fully saturated rings. The van der Waals surface area contributed by atoms with Crippen LogP contribution in [0, 0.1) is 5.92 Å². The summed E-state index contributed by atoms with van der Waals surface area (Å²) in [7, 11) is 0. The van der Waals surface area contributed by atoms with Crippen LogP contribution < -0.4 is 5.32 Å². The Morgan fingerprint density at radius 3 is 2.85 bits per heavy atom. The number of aromatic nitrogens is 2. The van der Waals surface area contributed by atoms with E-state index in [1.54, 1.807) is 0 Å². The molecule has 0 radical (unpaired) electrons. The fourth-order valence-corrected chi connectivity index (χ4v) is 4.67. The highest BCUT2D eigenvalue weighted by atomic mass is 15.3. The summed E-state index contributed by atoms with van der Waals surface area (Å²) in [5.74, 6) is 0.974. The molecule has 1 aromatic heterocycles. The summed E-state index contributed by atoms with van der Waals surface area (Å²) in [6, 6.07) is 4.41. The number of nitrogens with one attached hydrogen (secondary N) is 1. The fraction of sp³-hybridized carbons (Fsp3) is 0.824. The summed E-state index contributed by atoms with van der Waals surface area (Å²) in [6.45, 7) is 0. The zero-order valence-electron chi connectivity index (χ0n) is 12.4. The Morgan fingerprint density at radius 2 is 1.95 bits per heavy atom. The second-order valence-electron chi connectivity index (χ2n) is 7.17. The van der Waals surface area contributed by atoms with Gasteiger partial charge in [0.05, 0.1) is 11.7 Å².